The highest BCUT2D eigenvalue weighted by Gasteiger charge is 2.19. The van der Waals surface area contributed by atoms with E-state index in [2.05, 4.69) is 9.71 Å². The highest BCUT2D eigenvalue weighted by Crippen LogP contribution is 2.24. The van der Waals surface area contributed by atoms with Crippen molar-refractivity contribution in [2.24, 2.45) is 0 Å². The zero-order chi connectivity index (χ0) is 17.2. The lowest BCUT2D eigenvalue weighted by Gasteiger charge is -2.11. The van der Waals surface area contributed by atoms with E-state index in [0.717, 1.165) is 5.56 Å². The highest BCUT2D eigenvalue weighted by atomic mass is 35.5. The minimum atomic E-state index is -3.69. The van der Waals surface area contributed by atoms with Crippen LogP contribution in [0.15, 0.2) is 64.2 Å². The molecule has 0 radical (unpaired) electrons. The average molecular weight is 363 g/mol. The van der Waals surface area contributed by atoms with Crippen LogP contribution in [0.2, 0.25) is 5.02 Å². The van der Waals surface area contributed by atoms with Gasteiger partial charge in [0, 0.05) is 17.8 Å². The highest BCUT2D eigenvalue weighted by molar-refractivity contribution is 7.89. The summed E-state index contributed by atoms with van der Waals surface area (Å²) in [6.07, 6.45) is 3.18. The molecule has 0 bridgehead atoms. The van der Waals surface area contributed by atoms with Crippen molar-refractivity contribution in [1.82, 2.24) is 9.71 Å². The van der Waals surface area contributed by atoms with Gasteiger partial charge in [0.2, 0.25) is 10.0 Å². The summed E-state index contributed by atoms with van der Waals surface area (Å²) >= 11 is 6.02. The molecule has 124 valence electrons. The second-order valence-corrected chi connectivity index (χ2v) is 7.32. The number of nitrogens with zero attached hydrogens (tertiary/aromatic N) is 1. The molecule has 0 atom stereocenters. The predicted octanol–water partition coefficient (Wildman–Crippen LogP) is 3.78. The average Bonchev–Trinajstić information content (AvgIpc) is 3.10. The van der Waals surface area contributed by atoms with Crippen LogP contribution < -0.4 is 4.72 Å². The maximum Gasteiger partial charge on any atom is 0.241 e. The number of hydrogen-bond acceptors (Lipinski definition) is 4. The molecule has 0 saturated heterocycles. The molecule has 7 heteroatoms. The summed E-state index contributed by atoms with van der Waals surface area (Å²) in [7, 11) is -3.69. The minimum Gasteiger partial charge on any atom is -0.463 e. The summed E-state index contributed by atoms with van der Waals surface area (Å²) in [5, 5.41) is 0.413. The van der Waals surface area contributed by atoms with E-state index in [9.17, 15) is 8.42 Å². The van der Waals surface area contributed by atoms with Gasteiger partial charge in [0.15, 0.2) is 5.76 Å². The molecule has 0 fully saturated rings. The summed E-state index contributed by atoms with van der Waals surface area (Å²) < 4.78 is 33.1. The lowest BCUT2D eigenvalue weighted by molar-refractivity contribution is 0.575. The maximum atomic E-state index is 12.6. The molecule has 0 aliphatic rings. The third-order valence-corrected chi connectivity index (χ3v) is 5.56. The van der Waals surface area contributed by atoms with Gasteiger partial charge in [-0.15, -0.1) is 0 Å². The third-order valence-electron chi connectivity index (χ3n) is 3.61. The van der Waals surface area contributed by atoms with Crippen molar-refractivity contribution in [2.75, 3.05) is 0 Å². The molecule has 0 saturated carbocycles. The van der Waals surface area contributed by atoms with Crippen molar-refractivity contribution in [2.45, 2.75) is 18.4 Å². The molecule has 0 spiro atoms. The second-order valence-electron chi connectivity index (χ2n) is 5.18. The number of hydrogen-bond donors (Lipinski definition) is 1. The van der Waals surface area contributed by atoms with Crippen LogP contribution in [0, 0.1) is 6.92 Å². The van der Waals surface area contributed by atoms with Crippen LogP contribution in [0.3, 0.4) is 0 Å². The Balaban J connectivity index is 1.88. The van der Waals surface area contributed by atoms with Crippen LogP contribution >= 0.6 is 11.6 Å². The van der Waals surface area contributed by atoms with Crippen molar-refractivity contribution in [3.63, 3.8) is 0 Å². The zero-order valence-electron chi connectivity index (χ0n) is 12.9. The Bertz CT molecular complexity index is 954. The standard InChI is InChI=1S/C17H15ClN2O3S/c1-12-14(18)6-2-8-16(12)24(21,22)20-11-13-5-3-9-19-17(13)15-7-4-10-23-15/h2-10,20H,11H2,1H3. The van der Waals surface area contributed by atoms with Gasteiger partial charge in [0.1, 0.15) is 5.69 Å². The first-order chi connectivity index (χ1) is 11.5. The summed E-state index contributed by atoms with van der Waals surface area (Å²) in [5.74, 6) is 0.587. The first-order valence-electron chi connectivity index (χ1n) is 7.21. The number of furan rings is 1. The zero-order valence-corrected chi connectivity index (χ0v) is 14.4. The van der Waals surface area contributed by atoms with Crippen molar-refractivity contribution in [3.05, 3.63) is 71.1 Å². The Hall–Kier alpha value is -2.15. The van der Waals surface area contributed by atoms with Gasteiger partial charge in [-0.2, -0.15) is 0 Å². The smallest absolute Gasteiger partial charge is 0.241 e. The van der Waals surface area contributed by atoms with Gasteiger partial charge in [-0.05, 0) is 48.4 Å². The Morgan fingerprint density at radius 1 is 1.17 bits per heavy atom. The maximum absolute atomic E-state index is 12.6. The second kappa shape index (κ2) is 6.76. The van der Waals surface area contributed by atoms with Gasteiger partial charge in [-0.1, -0.05) is 23.7 Å². The molecule has 3 aromatic rings. The van der Waals surface area contributed by atoms with Gasteiger partial charge in [0.05, 0.1) is 11.2 Å². The number of pyridine rings is 1. The van der Waals surface area contributed by atoms with Crippen LogP contribution in [0.1, 0.15) is 11.1 Å². The van der Waals surface area contributed by atoms with E-state index in [1.54, 1.807) is 55.8 Å². The fourth-order valence-electron chi connectivity index (χ4n) is 2.35. The largest absolute Gasteiger partial charge is 0.463 e. The van der Waals surface area contributed by atoms with E-state index in [1.165, 1.54) is 6.07 Å². The van der Waals surface area contributed by atoms with E-state index in [-0.39, 0.29) is 11.4 Å². The monoisotopic (exact) mass is 362 g/mol. The molecular formula is C17H15ClN2O3S. The lowest BCUT2D eigenvalue weighted by Crippen LogP contribution is -2.24. The lowest BCUT2D eigenvalue weighted by atomic mass is 10.1. The first-order valence-corrected chi connectivity index (χ1v) is 9.08. The molecule has 0 aliphatic heterocycles. The fraction of sp³-hybridized carbons (Fsp3) is 0.118. The van der Waals surface area contributed by atoms with Crippen LogP contribution in [-0.2, 0) is 16.6 Å². The summed E-state index contributed by atoms with van der Waals surface area (Å²) in [6, 6.07) is 11.9. The van der Waals surface area contributed by atoms with Crippen LogP contribution in [0.4, 0.5) is 0 Å². The molecule has 2 heterocycles. The number of nitrogens with one attached hydrogen (secondary N) is 1. The van der Waals surface area contributed by atoms with Gasteiger partial charge >= 0.3 is 0 Å². The molecule has 0 aliphatic carbocycles. The third kappa shape index (κ3) is 3.36. The Kier molecular flexibility index (Phi) is 4.71. The molecule has 0 amide bonds. The Labute approximate surface area is 145 Å². The normalized spacial score (nSPS) is 11.6. The van der Waals surface area contributed by atoms with Gasteiger partial charge in [-0.25, -0.2) is 13.1 Å². The van der Waals surface area contributed by atoms with Crippen molar-refractivity contribution >= 4 is 21.6 Å². The molecule has 2 aromatic heterocycles. The molecule has 5 nitrogen and oxygen atoms in total. The SMILES string of the molecule is Cc1c(Cl)cccc1S(=O)(=O)NCc1cccnc1-c1ccco1. The summed E-state index contributed by atoms with van der Waals surface area (Å²) in [4.78, 5) is 4.44. The molecule has 1 aromatic carbocycles. The predicted molar refractivity (Wildman–Crippen MR) is 92.2 cm³/mol. The topological polar surface area (TPSA) is 72.2 Å². The summed E-state index contributed by atoms with van der Waals surface area (Å²) in [5.41, 5.74) is 1.84. The molecular weight excluding hydrogens is 348 g/mol. The summed E-state index contributed by atoms with van der Waals surface area (Å²) in [6.45, 7) is 1.77. The number of halogens is 1. The Morgan fingerprint density at radius 2 is 2.00 bits per heavy atom. The number of sulfonamides is 1. The van der Waals surface area contributed by atoms with Crippen LogP contribution in [0.25, 0.3) is 11.5 Å². The van der Waals surface area contributed by atoms with Gasteiger partial charge in [-0.3, -0.25) is 4.98 Å². The quantitative estimate of drug-likeness (QED) is 0.749. The molecule has 1 N–H and O–H groups in total. The minimum absolute atomic E-state index is 0.0954. The van der Waals surface area contributed by atoms with Crippen LogP contribution in [0.5, 0.6) is 0 Å². The van der Waals surface area contributed by atoms with Crippen molar-refractivity contribution in [1.29, 1.82) is 0 Å². The number of rotatable bonds is 5. The van der Waals surface area contributed by atoms with Crippen LogP contribution in [-0.4, -0.2) is 13.4 Å². The van der Waals surface area contributed by atoms with E-state index in [0.29, 0.717) is 22.0 Å². The number of benzene rings is 1. The molecule has 24 heavy (non-hydrogen) atoms. The number of aromatic nitrogens is 1. The van der Waals surface area contributed by atoms with E-state index < -0.39 is 10.0 Å². The van der Waals surface area contributed by atoms with Gasteiger partial charge in [0.25, 0.3) is 0 Å². The van der Waals surface area contributed by atoms with E-state index in [4.69, 9.17) is 16.0 Å². The fourth-order valence-corrected chi connectivity index (χ4v) is 3.85. The Morgan fingerprint density at radius 3 is 2.75 bits per heavy atom. The van der Waals surface area contributed by atoms with Crippen molar-refractivity contribution in [3.8, 4) is 11.5 Å². The molecule has 0 unspecified atom stereocenters. The van der Waals surface area contributed by atoms with Gasteiger partial charge < -0.3 is 4.42 Å². The van der Waals surface area contributed by atoms with Crippen molar-refractivity contribution < 1.29 is 12.8 Å². The van der Waals surface area contributed by atoms with E-state index in [1.807, 2.05) is 0 Å². The molecule has 3 rings (SSSR count). The first kappa shape index (κ1) is 16.7. The van der Waals surface area contributed by atoms with E-state index >= 15 is 0 Å².